The molecule has 0 bridgehead atoms. The van der Waals surface area contributed by atoms with Crippen molar-refractivity contribution in [2.24, 2.45) is 12.8 Å². The standard InChI is InChI=1S/C13H21N5O2/c1-4-8-18-11-10(12(19)17(5-2)13(18)20)16(3)9(15-11)6-7-14/h4-8,14H2,1-3H3. The summed E-state index contributed by atoms with van der Waals surface area (Å²) in [5, 5.41) is 0. The van der Waals surface area contributed by atoms with Crippen LogP contribution in [0.3, 0.4) is 0 Å². The van der Waals surface area contributed by atoms with Crippen LogP contribution in [0.5, 0.6) is 0 Å². The molecule has 0 aliphatic rings. The quantitative estimate of drug-likeness (QED) is 0.823. The molecule has 2 aromatic rings. The third kappa shape index (κ3) is 2.07. The molecule has 0 saturated carbocycles. The number of rotatable bonds is 5. The average molecular weight is 279 g/mol. The summed E-state index contributed by atoms with van der Waals surface area (Å²) < 4.78 is 4.59. The lowest BCUT2D eigenvalue weighted by atomic mass is 10.4. The van der Waals surface area contributed by atoms with E-state index in [1.165, 1.54) is 4.57 Å². The lowest BCUT2D eigenvalue weighted by Crippen LogP contribution is -2.40. The summed E-state index contributed by atoms with van der Waals surface area (Å²) in [5.74, 6) is 0.734. The van der Waals surface area contributed by atoms with E-state index in [9.17, 15) is 9.59 Å². The minimum Gasteiger partial charge on any atom is -0.330 e. The zero-order valence-corrected chi connectivity index (χ0v) is 12.2. The van der Waals surface area contributed by atoms with Crippen molar-refractivity contribution in [2.45, 2.75) is 39.8 Å². The summed E-state index contributed by atoms with van der Waals surface area (Å²) in [6.07, 6.45) is 1.39. The second-order valence-electron chi connectivity index (χ2n) is 4.78. The van der Waals surface area contributed by atoms with Crippen LogP contribution in [0.4, 0.5) is 0 Å². The third-order valence-corrected chi connectivity index (χ3v) is 3.47. The Balaban J connectivity index is 2.92. The maximum absolute atomic E-state index is 12.4. The fourth-order valence-electron chi connectivity index (χ4n) is 2.46. The van der Waals surface area contributed by atoms with E-state index in [1.54, 1.807) is 23.1 Å². The van der Waals surface area contributed by atoms with E-state index in [0.29, 0.717) is 37.2 Å². The van der Waals surface area contributed by atoms with E-state index in [1.807, 2.05) is 6.92 Å². The molecule has 0 aliphatic carbocycles. The summed E-state index contributed by atoms with van der Waals surface area (Å²) in [4.78, 5) is 29.2. The molecule has 0 atom stereocenters. The molecular formula is C13H21N5O2. The van der Waals surface area contributed by atoms with E-state index >= 15 is 0 Å². The van der Waals surface area contributed by atoms with E-state index in [2.05, 4.69) is 4.98 Å². The van der Waals surface area contributed by atoms with E-state index in [-0.39, 0.29) is 11.2 Å². The third-order valence-electron chi connectivity index (χ3n) is 3.47. The molecule has 0 spiro atoms. The summed E-state index contributed by atoms with van der Waals surface area (Å²) in [6, 6.07) is 0. The van der Waals surface area contributed by atoms with Gasteiger partial charge in [-0.05, 0) is 19.9 Å². The largest absolute Gasteiger partial charge is 0.332 e. The molecule has 0 amide bonds. The maximum atomic E-state index is 12.4. The molecule has 7 heteroatoms. The summed E-state index contributed by atoms with van der Waals surface area (Å²) >= 11 is 0. The molecule has 0 aromatic carbocycles. The van der Waals surface area contributed by atoms with Crippen LogP contribution in [0, 0.1) is 0 Å². The lowest BCUT2D eigenvalue weighted by Gasteiger charge is -2.09. The fourth-order valence-corrected chi connectivity index (χ4v) is 2.46. The minimum absolute atomic E-state index is 0.280. The first-order valence-corrected chi connectivity index (χ1v) is 6.95. The summed E-state index contributed by atoms with van der Waals surface area (Å²) in [5.41, 5.74) is 5.94. The van der Waals surface area contributed by atoms with Crippen LogP contribution in [0.2, 0.25) is 0 Å². The van der Waals surface area contributed by atoms with Gasteiger partial charge in [0.2, 0.25) is 0 Å². The first-order valence-electron chi connectivity index (χ1n) is 6.95. The Bertz CT molecular complexity index is 738. The number of aryl methyl sites for hydroxylation is 2. The Kier molecular flexibility index (Phi) is 4.08. The molecule has 0 radical (unpaired) electrons. The lowest BCUT2D eigenvalue weighted by molar-refractivity contribution is 0.579. The number of nitrogens with two attached hydrogens (primary N) is 1. The number of hydrogen-bond donors (Lipinski definition) is 1. The van der Waals surface area contributed by atoms with Crippen molar-refractivity contribution in [3.8, 4) is 0 Å². The molecule has 2 aromatic heterocycles. The predicted octanol–water partition coefficient (Wildman–Crippen LogP) is -0.172. The van der Waals surface area contributed by atoms with Gasteiger partial charge in [0.25, 0.3) is 5.56 Å². The summed E-state index contributed by atoms with van der Waals surface area (Å²) in [6.45, 7) is 5.14. The van der Waals surface area contributed by atoms with Crippen molar-refractivity contribution in [3.05, 3.63) is 26.7 Å². The van der Waals surface area contributed by atoms with Gasteiger partial charge in [-0.25, -0.2) is 9.78 Å². The first kappa shape index (κ1) is 14.5. The van der Waals surface area contributed by atoms with Crippen LogP contribution < -0.4 is 17.0 Å². The Morgan fingerprint density at radius 2 is 1.90 bits per heavy atom. The van der Waals surface area contributed by atoms with E-state index in [0.717, 1.165) is 12.2 Å². The Morgan fingerprint density at radius 3 is 2.45 bits per heavy atom. The van der Waals surface area contributed by atoms with Gasteiger partial charge in [-0.2, -0.15) is 0 Å². The van der Waals surface area contributed by atoms with Gasteiger partial charge in [-0.3, -0.25) is 13.9 Å². The highest BCUT2D eigenvalue weighted by atomic mass is 16.2. The van der Waals surface area contributed by atoms with Crippen LogP contribution in [-0.4, -0.2) is 25.2 Å². The van der Waals surface area contributed by atoms with Gasteiger partial charge in [0.05, 0.1) is 0 Å². The second kappa shape index (κ2) is 5.62. The van der Waals surface area contributed by atoms with Crippen LogP contribution in [0.1, 0.15) is 26.1 Å². The second-order valence-corrected chi connectivity index (χ2v) is 4.78. The maximum Gasteiger partial charge on any atom is 0.332 e. The smallest absolute Gasteiger partial charge is 0.330 e. The van der Waals surface area contributed by atoms with Gasteiger partial charge in [-0.15, -0.1) is 0 Å². The number of hydrogen-bond acceptors (Lipinski definition) is 4. The fraction of sp³-hybridized carbons (Fsp3) is 0.615. The molecule has 7 nitrogen and oxygen atoms in total. The van der Waals surface area contributed by atoms with Gasteiger partial charge in [0.1, 0.15) is 5.82 Å². The number of aromatic nitrogens is 4. The normalized spacial score (nSPS) is 11.4. The Hall–Kier alpha value is -1.89. The van der Waals surface area contributed by atoms with Crippen LogP contribution in [0.25, 0.3) is 11.2 Å². The minimum atomic E-state index is -0.288. The molecule has 0 fully saturated rings. The highest BCUT2D eigenvalue weighted by Crippen LogP contribution is 2.10. The van der Waals surface area contributed by atoms with Crippen molar-refractivity contribution in [3.63, 3.8) is 0 Å². The topological polar surface area (TPSA) is 87.8 Å². The molecule has 0 aliphatic heterocycles. The van der Waals surface area contributed by atoms with Crippen molar-refractivity contribution in [2.75, 3.05) is 6.54 Å². The van der Waals surface area contributed by atoms with Gasteiger partial charge < -0.3 is 10.3 Å². The van der Waals surface area contributed by atoms with Crippen molar-refractivity contribution in [1.82, 2.24) is 18.7 Å². The zero-order chi connectivity index (χ0) is 14.9. The van der Waals surface area contributed by atoms with Crippen LogP contribution in [0.15, 0.2) is 9.59 Å². The molecule has 0 unspecified atom stereocenters. The van der Waals surface area contributed by atoms with Crippen molar-refractivity contribution >= 4 is 11.2 Å². The van der Waals surface area contributed by atoms with Gasteiger partial charge in [0.15, 0.2) is 11.2 Å². The molecule has 20 heavy (non-hydrogen) atoms. The molecule has 0 saturated heterocycles. The molecule has 2 rings (SSSR count). The molecule has 2 heterocycles. The van der Waals surface area contributed by atoms with Gasteiger partial charge in [-0.1, -0.05) is 6.92 Å². The van der Waals surface area contributed by atoms with Crippen LogP contribution in [-0.2, 0) is 26.6 Å². The number of fused-ring (bicyclic) bond motifs is 1. The predicted molar refractivity (Wildman–Crippen MR) is 78.0 cm³/mol. The zero-order valence-electron chi connectivity index (χ0n) is 12.2. The van der Waals surface area contributed by atoms with Gasteiger partial charge >= 0.3 is 5.69 Å². The van der Waals surface area contributed by atoms with Crippen molar-refractivity contribution in [1.29, 1.82) is 0 Å². The average Bonchev–Trinajstić information content (AvgIpc) is 2.73. The Morgan fingerprint density at radius 1 is 1.20 bits per heavy atom. The highest BCUT2D eigenvalue weighted by Gasteiger charge is 2.18. The molecule has 110 valence electrons. The molecular weight excluding hydrogens is 258 g/mol. The highest BCUT2D eigenvalue weighted by molar-refractivity contribution is 5.71. The SMILES string of the molecule is CCCn1c(=O)n(CC)c(=O)c2c1nc(CCN)n2C. The van der Waals surface area contributed by atoms with E-state index in [4.69, 9.17) is 5.73 Å². The number of imidazole rings is 1. The van der Waals surface area contributed by atoms with Gasteiger partial charge in [0, 0.05) is 26.6 Å². The monoisotopic (exact) mass is 279 g/mol. The Labute approximate surface area is 116 Å². The number of nitrogens with zero attached hydrogens (tertiary/aromatic N) is 4. The molecule has 2 N–H and O–H groups in total. The first-order chi connectivity index (χ1) is 9.56. The van der Waals surface area contributed by atoms with E-state index < -0.39 is 0 Å². The summed E-state index contributed by atoms with van der Waals surface area (Å²) in [7, 11) is 1.79. The van der Waals surface area contributed by atoms with Crippen molar-refractivity contribution < 1.29 is 0 Å². The van der Waals surface area contributed by atoms with Crippen LogP contribution >= 0.6 is 0 Å².